The van der Waals surface area contributed by atoms with E-state index >= 15 is 0 Å². The van der Waals surface area contributed by atoms with Crippen molar-refractivity contribution in [3.8, 4) is 0 Å². The Labute approximate surface area is 178 Å². The number of fused-ring (bicyclic) bond motifs is 1. The Kier molecular flexibility index (Phi) is 5.66. The van der Waals surface area contributed by atoms with E-state index in [0.29, 0.717) is 11.5 Å². The van der Waals surface area contributed by atoms with Gasteiger partial charge >= 0.3 is 0 Å². The summed E-state index contributed by atoms with van der Waals surface area (Å²) in [7, 11) is -3.02. The molecule has 2 saturated heterocycles. The fourth-order valence-corrected chi connectivity index (χ4v) is 5.55. The quantitative estimate of drug-likeness (QED) is 0.743. The van der Waals surface area contributed by atoms with Crippen molar-refractivity contribution in [1.82, 2.24) is 14.3 Å². The van der Waals surface area contributed by atoms with Crippen LogP contribution in [0.5, 0.6) is 0 Å². The topological polar surface area (TPSA) is 81.0 Å². The van der Waals surface area contributed by atoms with Gasteiger partial charge in [0.25, 0.3) is 5.91 Å². The molecule has 2 aliphatic heterocycles. The van der Waals surface area contributed by atoms with Crippen molar-refractivity contribution in [3.05, 3.63) is 35.3 Å². The lowest BCUT2D eigenvalue weighted by atomic mass is 9.86. The molecular weight excluding hydrogens is 402 g/mol. The van der Waals surface area contributed by atoms with Crippen molar-refractivity contribution >= 4 is 21.4 Å². The van der Waals surface area contributed by atoms with E-state index in [1.807, 2.05) is 18.3 Å². The monoisotopic (exact) mass is 433 g/mol. The van der Waals surface area contributed by atoms with E-state index in [4.69, 9.17) is 9.72 Å². The van der Waals surface area contributed by atoms with Gasteiger partial charge in [-0.3, -0.25) is 4.79 Å². The molecule has 7 nitrogen and oxygen atoms in total. The van der Waals surface area contributed by atoms with E-state index in [0.717, 1.165) is 43.8 Å². The molecule has 2 aliphatic rings. The number of imidazole rings is 1. The van der Waals surface area contributed by atoms with Crippen LogP contribution in [-0.4, -0.2) is 66.4 Å². The van der Waals surface area contributed by atoms with Crippen LogP contribution in [0.2, 0.25) is 0 Å². The van der Waals surface area contributed by atoms with Crippen molar-refractivity contribution in [1.29, 1.82) is 0 Å². The summed E-state index contributed by atoms with van der Waals surface area (Å²) in [6.45, 7) is 8.65. The summed E-state index contributed by atoms with van der Waals surface area (Å²) in [5.74, 6) is 0.525. The first-order valence-corrected chi connectivity index (χ1v) is 12.5. The minimum Gasteiger partial charge on any atom is -0.381 e. The summed E-state index contributed by atoms with van der Waals surface area (Å²) in [6, 6.07) is 3.67. The lowest BCUT2D eigenvalue weighted by Crippen LogP contribution is -2.43. The number of carbonyl (C=O) groups excluding carboxylic acids is 1. The van der Waals surface area contributed by atoms with Crippen LogP contribution in [0.3, 0.4) is 0 Å². The zero-order chi connectivity index (χ0) is 21.5. The Hall–Kier alpha value is -1.93. The van der Waals surface area contributed by atoms with Gasteiger partial charge in [0.2, 0.25) is 0 Å². The Bertz CT molecular complexity index is 1030. The standard InChI is InChI=1S/C22H31N3O4S/c1-22(2,3)20-18(14-16-5-10-29-11-6-16)25-7-4-17(15-19(25)23-20)21(26)24-8-12-30(27,28)13-9-24/h4,7,15-16H,5-6,8-14H2,1-3H3. The Morgan fingerprint density at radius 2 is 1.87 bits per heavy atom. The first-order valence-electron chi connectivity index (χ1n) is 10.7. The van der Waals surface area contributed by atoms with Gasteiger partial charge in [0, 0.05) is 49.2 Å². The van der Waals surface area contributed by atoms with E-state index in [1.54, 1.807) is 4.90 Å². The molecule has 30 heavy (non-hydrogen) atoms. The number of pyridine rings is 1. The van der Waals surface area contributed by atoms with Gasteiger partial charge < -0.3 is 14.0 Å². The smallest absolute Gasteiger partial charge is 0.254 e. The Balaban J connectivity index is 1.65. The van der Waals surface area contributed by atoms with Crippen molar-refractivity contribution < 1.29 is 17.9 Å². The van der Waals surface area contributed by atoms with Gasteiger partial charge in [-0.15, -0.1) is 0 Å². The molecule has 0 N–H and O–H groups in total. The maximum Gasteiger partial charge on any atom is 0.254 e. The van der Waals surface area contributed by atoms with Crippen LogP contribution < -0.4 is 0 Å². The van der Waals surface area contributed by atoms with Gasteiger partial charge in [-0.2, -0.15) is 0 Å². The number of hydrogen-bond donors (Lipinski definition) is 0. The highest BCUT2D eigenvalue weighted by Gasteiger charge is 2.28. The Morgan fingerprint density at radius 1 is 1.20 bits per heavy atom. The van der Waals surface area contributed by atoms with Crippen LogP contribution in [0.15, 0.2) is 18.3 Å². The van der Waals surface area contributed by atoms with Gasteiger partial charge in [-0.1, -0.05) is 20.8 Å². The molecule has 2 aromatic rings. The third kappa shape index (κ3) is 4.39. The molecule has 2 fully saturated rings. The summed E-state index contributed by atoms with van der Waals surface area (Å²) in [6.07, 6.45) is 5.02. The number of sulfone groups is 1. The zero-order valence-corrected chi connectivity index (χ0v) is 18.9. The minimum atomic E-state index is -3.02. The molecule has 1 amide bonds. The predicted molar refractivity (Wildman–Crippen MR) is 116 cm³/mol. The molecule has 4 rings (SSSR count). The highest BCUT2D eigenvalue weighted by Crippen LogP contribution is 2.30. The molecule has 0 atom stereocenters. The highest BCUT2D eigenvalue weighted by atomic mass is 32.2. The average molecular weight is 434 g/mol. The number of hydrogen-bond acceptors (Lipinski definition) is 5. The molecular formula is C22H31N3O4S. The van der Waals surface area contributed by atoms with Crippen LogP contribution in [-0.2, 0) is 26.4 Å². The number of amides is 1. The summed E-state index contributed by atoms with van der Waals surface area (Å²) in [5.41, 5.74) is 3.52. The fraction of sp³-hybridized carbons (Fsp3) is 0.636. The molecule has 0 bridgehead atoms. The van der Waals surface area contributed by atoms with Gasteiger partial charge in [0.1, 0.15) is 5.65 Å². The second-order valence-electron chi connectivity index (χ2n) is 9.50. The van der Waals surface area contributed by atoms with E-state index in [1.165, 1.54) is 5.69 Å². The second kappa shape index (κ2) is 7.96. The van der Waals surface area contributed by atoms with E-state index in [2.05, 4.69) is 25.2 Å². The molecule has 8 heteroatoms. The van der Waals surface area contributed by atoms with Crippen molar-refractivity contribution in [3.63, 3.8) is 0 Å². The van der Waals surface area contributed by atoms with Crippen molar-refractivity contribution in [2.24, 2.45) is 5.92 Å². The fourth-order valence-electron chi connectivity index (χ4n) is 4.35. The third-order valence-electron chi connectivity index (χ3n) is 6.14. The molecule has 4 heterocycles. The number of nitrogens with zero attached hydrogens (tertiary/aromatic N) is 3. The molecule has 164 valence electrons. The Morgan fingerprint density at radius 3 is 2.50 bits per heavy atom. The van der Waals surface area contributed by atoms with Gasteiger partial charge in [0.05, 0.1) is 17.2 Å². The summed E-state index contributed by atoms with van der Waals surface area (Å²) < 4.78 is 31.0. The molecule has 0 aliphatic carbocycles. The van der Waals surface area contributed by atoms with E-state index < -0.39 is 9.84 Å². The number of ether oxygens (including phenoxy) is 1. The summed E-state index contributed by atoms with van der Waals surface area (Å²) in [4.78, 5) is 19.5. The van der Waals surface area contributed by atoms with Crippen LogP contribution in [0.1, 0.15) is 55.4 Å². The van der Waals surface area contributed by atoms with Crippen LogP contribution in [0, 0.1) is 5.92 Å². The first kappa shape index (κ1) is 21.3. The maximum absolute atomic E-state index is 12.9. The lowest BCUT2D eigenvalue weighted by molar-refractivity contribution is 0.0661. The molecule has 0 spiro atoms. The molecule has 0 radical (unpaired) electrons. The van der Waals surface area contributed by atoms with Gasteiger partial charge in [0.15, 0.2) is 9.84 Å². The largest absolute Gasteiger partial charge is 0.381 e. The van der Waals surface area contributed by atoms with E-state index in [-0.39, 0.29) is 35.9 Å². The predicted octanol–water partition coefficient (Wildman–Crippen LogP) is 2.47. The summed E-state index contributed by atoms with van der Waals surface area (Å²) in [5, 5.41) is 0. The van der Waals surface area contributed by atoms with Crippen molar-refractivity contribution in [2.45, 2.75) is 45.4 Å². The van der Waals surface area contributed by atoms with Crippen LogP contribution in [0.4, 0.5) is 0 Å². The average Bonchev–Trinajstić information content (AvgIpc) is 3.06. The normalized spacial score (nSPS) is 20.6. The van der Waals surface area contributed by atoms with Crippen molar-refractivity contribution in [2.75, 3.05) is 37.8 Å². The minimum absolute atomic E-state index is 0.0355. The molecule has 0 saturated carbocycles. The second-order valence-corrected chi connectivity index (χ2v) is 11.8. The van der Waals surface area contributed by atoms with Gasteiger partial charge in [-0.05, 0) is 37.3 Å². The number of rotatable bonds is 3. The number of aromatic nitrogens is 2. The van der Waals surface area contributed by atoms with Gasteiger partial charge in [-0.25, -0.2) is 13.4 Å². The lowest BCUT2D eigenvalue weighted by Gasteiger charge is -2.26. The SMILES string of the molecule is CC(C)(C)c1nc2cc(C(=O)N3CCS(=O)(=O)CC3)ccn2c1CC1CCOCC1. The third-order valence-corrected chi connectivity index (χ3v) is 7.75. The summed E-state index contributed by atoms with van der Waals surface area (Å²) >= 11 is 0. The van der Waals surface area contributed by atoms with Crippen LogP contribution >= 0.6 is 0 Å². The molecule has 0 unspecified atom stereocenters. The zero-order valence-electron chi connectivity index (χ0n) is 18.1. The van der Waals surface area contributed by atoms with E-state index in [9.17, 15) is 13.2 Å². The first-order chi connectivity index (χ1) is 14.1. The molecule has 0 aromatic carbocycles. The molecule has 2 aromatic heterocycles. The highest BCUT2D eigenvalue weighted by molar-refractivity contribution is 7.91. The van der Waals surface area contributed by atoms with Crippen LogP contribution in [0.25, 0.3) is 5.65 Å². The number of carbonyl (C=O) groups is 1. The maximum atomic E-state index is 12.9.